The monoisotopic (exact) mass is 460 g/mol. The summed E-state index contributed by atoms with van der Waals surface area (Å²) in [5, 5.41) is 11.0. The van der Waals surface area contributed by atoms with Gasteiger partial charge in [-0.3, -0.25) is 9.59 Å². The molecule has 0 radical (unpaired) electrons. The van der Waals surface area contributed by atoms with Crippen LogP contribution < -0.4 is 9.47 Å². The van der Waals surface area contributed by atoms with Crippen LogP contribution in [0.4, 0.5) is 0 Å². The first-order chi connectivity index (χ1) is 13.8. The third kappa shape index (κ3) is 2.79. The number of phenolic OH excluding ortho intramolecular Hbond substituents is 1. The highest BCUT2D eigenvalue weighted by atomic mass is 79.9. The Labute approximate surface area is 176 Å². The topological polar surface area (TPSA) is 82.1 Å². The summed E-state index contributed by atoms with van der Waals surface area (Å²) in [5.74, 6) is -0.431. The predicted octanol–water partition coefficient (Wildman–Crippen LogP) is 3.84. The highest BCUT2D eigenvalue weighted by Gasteiger charge is 2.41. The highest BCUT2D eigenvalue weighted by Crippen LogP contribution is 2.47. The molecule has 1 atom stereocenters. The number of rotatable bonds is 3. The van der Waals surface area contributed by atoms with Gasteiger partial charge in [0.05, 0.1) is 41.0 Å². The maximum atomic E-state index is 13.5. The lowest BCUT2D eigenvalue weighted by molar-refractivity contribution is -0.00521. The Morgan fingerprint density at radius 2 is 1.76 bits per heavy atom. The zero-order valence-corrected chi connectivity index (χ0v) is 18.2. The minimum absolute atomic E-state index is 0.0324. The Balaban J connectivity index is 2.00. The van der Waals surface area contributed by atoms with Gasteiger partial charge in [-0.15, -0.1) is 0 Å². The molecule has 2 aliphatic carbocycles. The molecule has 2 aliphatic rings. The Morgan fingerprint density at radius 1 is 1.03 bits per heavy atom. The number of carbonyl (C=O) groups is 2. The van der Waals surface area contributed by atoms with Crippen molar-refractivity contribution in [3.05, 3.63) is 50.0 Å². The summed E-state index contributed by atoms with van der Waals surface area (Å²) >= 11 is 3.38. The van der Waals surface area contributed by atoms with Gasteiger partial charge in [-0.2, -0.15) is 0 Å². The van der Waals surface area contributed by atoms with Crippen molar-refractivity contribution in [2.75, 3.05) is 21.3 Å². The second kappa shape index (κ2) is 6.85. The molecule has 29 heavy (non-hydrogen) atoms. The smallest absolute Gasteiger partial charge is 0.202 e. The molecule has 1 unspecified atom stereocenters. The van der Waals surface area contributed by atoms with E-state index >= 15 is 0 Å². The molecular weight excluding hydrogens is 440 g/mol. The summed E-state index contributed by atoms with van der Waals surface area (Å²) in [4.78, 5) is 26.9. The lowest BCUT2D eigenvalue weighted by Gasteiger charge is -2.35. The van der Waals surface area contributed by atoms with Crippen molar-refractivity contribution < 1.29 is 28.9 Å². The second-order valence-corrected chi connectivity index (χ2v) is 8.47. The van der Waals surface area contributed by atoms with Crippen molar-refractivity contribution in [2.45, 2.75) is 31.8 Å². The van der Waals surface area contributed by atoms with Crippen LogP contribution in [0, 0.1) is 0 Å². The molecule has 4 rings (SSSR count). The number of halogens is 1. The second-order valence-electron chi connectivity index (χ2n) is 7.62. The van der Waals surface area contributed by atoms with E-state index in [0.29, 0.717) is 29.3 Å². The summed E-state index contributed by atoms with van der Waals surface area (Å²) < 4.78 is 16.9. The standard InChI is InChI=1S/C22H21BrO6/c1-22(29-4)6-5-11-10(9-22)7-12-15(18(11)24)20(26)16-14(27-2)8-13(23)21(28-3)17(16)19(12)25/h7-8,24H,5-6,9H2,1-4H3. The van der Waals surface area contributed by atoms with Gasteiger partial charge < -0.3 is 19.3 Å². The summed E-state index contributed by atoms with van der Waals surface area (Å²) in [7, 11) is 4.53. The van der Waals surface area contributed by atoms with Crippen LogP contribution in [-0.2, 0) is 17.6 Å². The third-order valence-corrected chi connectivity index (χ3v) is 6.60. The number of ketones is 2. The number of hydrogen-bond donors (Lipinski definition) is 1. The number of phenols is 1. The first-order valence-electron chi connectivity index (χ1n) is 9.23. The van der Waals surface area contributed by atoms with Crippen LogP contribution in [0.2, 0.25) is 0 Å². The number of aromatic hydroxyl groups is 1. The molecular formula is C22H21BrO6. The molecule has 152 valence electrons. The highest BCUT2D eigenvalue weighted by molar-refractivity contribution is 9.10. The summed E-state index contributed by atoms with van der Waals surface area (Å²) in [6, 6.07) is 3.31. The Morgan fingerprint density at radius 3 is 2.38 bits per heavy atom. The Hall–Kier alpha value is -2.38. The maximum absolute atomic E-state index is 13.5. The predicted molar refractivity (Wildman–Crippen MR) is 110 cm³/mol. The van der Waals surface area contributed by atoms with E-state index in [1.54, 1.807) is 19.2 Å². The van der Waals surface area contributed by atoms with Crippen LogP contribution in [0.3, 0.4) is 0 Å². The van der Waals surface area contributed by atoms with Gasteiger partial charge >= 0.3 is 0 Å². The third-order valence-electron chi connectivity index (χ3n) is 6.01. The zero-order valence-electron chi connectivity index (χ0n) is 16.6. The van der Waals surface area contributed by atoms with Gasteiger partial charge in [0.1, 0.15) is 17.2 Å². The molecule has 6 nitrogen and oxygen atoms in total. The van der Waals surface area contributed by atoms with Crippen LogP contribution in [-0.4, -0.2) is 43.6 Å². The van der Waals surface area contributed by atoms with E-state index in [0.717, 1.165) is 5.56 Å². The zero-order chi connectivity index (χ0) is 21.1. The fourth-order valence-corrected chi connectivity index (χ4v) is 4.90. The quantitative estimate of drug-likeness (QED) is 0.639. The van der Waals surface area contributed by atoms with Gasteiger partial charge in [0, 0.05) is 19.1 Å². The van der Waals surface area contributed by atoms with E-state index in [1.807, 2.05) is 6.92 Å². The van der Waals surface area contributed by atoms with Crippen molar-refractivity contribution >= 4 is 27.5 Å². The number of ether oxygens (including phenoxy) is 3. The van der Waals surface area contributed by atoms with Crippen molar-refractivity contribution in [3.63, 3.8) is 0 Å². The fourth-order valence-electron chi connectivity index (χ4n) is 4.34. The fraction of sp³-hybridized carbons (Fsp3) is 0.364. The maximum Gasteiger partial charge on any atom is 0.202 e. The lowest BCUT2D eigenvalue weighted by atomic mass is 9.75. The van der Waals surface area contributed by atoms with Gasteiger partial charge in [-0.05, 0) is 59.0 Å². The summed E-state index contributed by atoms with van der Waals surface area (Å²) in [6.07, 6.45) is 1.83. The van der Waals surface area contributed by atoms with Crippen molar-refractivity contribution in [1.82, 2.24) is 0 Å². The van der Waals surface area contributed by atoms with Crippen molar-refractivity contribution in [2.24, 2.45) is 0 Å². The lowest BCUT2D eigenvalue weighted by Crippen LogP contribution is -2.35. The van der Waals surface area contributed by atoms with Gasteiger partial charge in [-0.25, -0.2) is 0 Å². The van der Waals surface area contributed by atoms with E-state index in [9.17, 15) is 14.7 Å². The molecule has 0 amide bonds. The average molecular weight is 461 g/mol. The molecule has 0 bridgehead atoms. The first kappa shape index (κ1) is 19.9. The van der Waals surface area contributed by atoms with Crippen molar-refractivity contribution in [3.8, 4) is 17.2 Å². The van der Waals surface area contributed by atoms with Crippen LogP contribution >= 0.6 is 15.9 Å². The van der Waals surface area contributed by atoms with Crippen LogP contribution in [0.15, 0.2) is 16.6 Å². The molecule has 0 spiro atoms. The minimum Gasteiger partial charge on any atom is -0.507 e. The van der Waals surface area contributed by atoms with Crippen LogP contribution in [0.25, 0.3) is 0 Å². The van der Waals surface area contributed by atoms with Gasteiger partial charge in [0.15, 0.2) is 5.78 Å². The Bertz CT molecular complexity index is 1070. The van der Waals surface area contributed by atoms with Gasteiger partial charge in [-0.1, -0.05) is 0 Å². The molecule has 0 aromatic heterocycles. The van der Waals surface area contributed by atoms with Crippen LogP contribution in [0.1, 0.15) is 56.3 Å². The van der Waals surface area contributed by atoms with Gasteiger partial charge in [0.25, 0.3) is 0 Å². The molecule has 0 heterocycles. The van der Waals surface area contributed by atoms with Crippen LogP contribution in [0.5, 0.6) is 17.2 Å². The van der Waals surface area contributed by atoms with E-state index in [4.69, 9.17) is 14.2 Å². The molecule has 2 aromatic carbocycles. The van der Waals surface area contributed by atoms with E-state index in [1.165, 1.54) is 14.2 Å². The number of benzene rings is 2. The minimum atomic E-state index is -0.447. The number of hydrogen-bond acceptors (Lipinski definition) is 6. The number of methoxy groups -OCH3 is 3. The summed E-state index contributed by atoms with van der Waals surface area (Å²) in [6.45, 7) is 2.00. The molecule has 7 heteroatoms. The largest absolute Gasteiger partial charge is 0.507 e. The Kier molecular flexibility index (Phi) is 4.70. The molecule has 0 aliphatic heterocycles. The molecule has 2 aromatic rings. The number of carbonyl (C=O) groups excluding carboxylic acids is 2. The number of fused-ring (bicyclic) bond motifs is 3. The molecule has 0 saturated heterocycles. The van der Waals surface area contributed by atoms with E-state index < -0.39 is 5.78 Å². The molecule has 1 N–H and O–H groups in total. The molecule has 0 fully saturated rings. The normalized spacial score (nSPS) is 20.0. The summed E-state index contributed by atoms with van der Waals surface area (Å²) in [5.41, 5.74) is 1.60. The SMILES string of the molecule is COc1cc(Br)c(OC)c2c1C(=O)c1c(cc3c(c1O)CCC(C)(OC)C3)C2=O. The first-order valence-corrected chi connectivity index (χ1v) is 10.0. The van der Waals surface area contributed by atoms with Gasteiger partial charge in [0.2, 0.25) is 5.78 Å². The average Bonchev–Trinajstić information content (AvgIpc) is 2.70. The molecule has 0 saturated carbocycles. The van der Waals surface area contributed by atoms with Crippen molar-refractivity contribution in [1.29, 1.82) is 0 Å². The van der Waals surface area contributed by atoms with E-state index in [-0.39, 0.29) is 50.9 Å². The van der Waals surface area contributed by atoms with E-state index in [2.05, 4.69) is 15.9 Å².